The molecule has 0 atom stereocenters. The second-order valence-electron chi connectivity index (χ2n) is 3.44. The van der Waals surface area contributed by atoms with Gasteiger partial charge in [-0.25, -0.2) is 8.78 Å². The minimum Gasteiger partial charge on any atom is -0.381 e. The maximum absolute atomic E-state index is 13.4. The van der Waals surface area contributed by atoms with Crippen LogP contribution in [0.5, 0.6) is 0 Å². The van der Waals surface area contributed by atoms with Gasteiger partial charge < -0.3 is 5.32 Å². The summed E-state index contributed by atoms with van der Waals surface area (Å²) in [6.45, 7) is 1.12. The zero-order chi connectivity index (χ0) is 12.3. The van der Waals surface area contributed by atoms with E-state index < -0.39 is 11.6 Å². The fourth-order valence-corrected chi connectivity index (χ4v) is 1.74. The third kappa shape index (κ3) is 3.03. The van der Waals surface area contributed by atoms with Crippen molar-refractivity contribution in [3.05, 3.63) is 46.7 Å². The fraction of sp³-hybridized carbons (Fsp3) is 0.182. The molecule has 6 heteroatoms. The van der Waals surface area contributed by atoms with E-state index in [0.717, 1.165) is 6.07 Å². The monoisotopic (exact) mass is 301 g/mol. The van der Waals surface area contributed by atoms with E-state index in [2.05, 4.69) is 26.3 Å². The van der Waals surface area contributed by atoms with Crippen LogP contribution in [0, 0.1) is 11.6 Å². The average molecular weight is 302 g/mol. The van der Waals surface area contributed by atoms with Gasteiger partial charge in [0.25, 0.3) is 0 Å². The topological polar surface area (TPSA) is 29.9 Å². The first kappa shape index (κ1) is 12.0. The van der Waals surface area contributed by atoms with Crippen LogP contribution < -0.4 is 5.32 Å². The molecule has 0 saturated carbocycles. The van der Waals surface area contributed by atoms with Gasteiger partial charge in [0.1, 0.15) is 11.6 Å². The fourth-order valence-electron chi connectivity index (χ4n) is 1.40. The quantitative estimate of drug-likeness (QED) is 0.880. The Hall–Kier alpha value is -1.43. The Morgan fingerprint density at radius 2 is 2.12 bits per heavy atom. The van der Waals surface area contributed by atoms with E-state index in [9.17, 15) is 8.78 Å². The van der Waals surface area contributed by atoms with E-state index in [4.69, 9.17) is 0 Å². The molecule has 0 spiro atoms. The highest BCUT2D eigenvalue weighted by Crippen LogP contribution is 2.23. The molecule has 1 aromatic carbocycles. The van der Waals surface area contributed by atoms with E-state index in [0.29, 0.717) is 13.1 Å². The van der Waals surface area contributed by atoms with Crippen molar-refractivity contribution in [2.75, 3.05) is 11.9 Å². The lowest BCUT2D eigenvalue weighted by molar-refractivity contribution is 0.578. The first-order valence-corrected chi connectivity index (χ1v) is 5.82. The van der Waals surface area contributed by atoms with Gasteiger partial charge >= 0.3 is 0 Å². The molecule has 0 saturated heterocycles. The Kier molecular flexibility index (Phi) is 3.73. The first-order valence-electron chi connectivity index (χ1n) is 5.02. The third-order valence-electron chi connectivity index (χ3n) is 2.23. The van der Waals surface area contributed by atoms with E-state index >= 15 is 0 Å². The minimum absolute atomic E-state index is 0.237. The molecule has 0 fully saturated rings. The van der Waals surface area contributed by atoms with Crippen molar-refractivity contribution in [3.8, 4) is 0 Å². The Balaban J connectivity index is 1.97. The molecular weight excluding hydrogens is 292 g/mol. The molecule has 2 rings (SSSR count). The van der Waals surface area contributed by atoms with E-state index in [-0.39, 0.29) is 10.2 Å². The molecule has 17 heavy (non-hydrogen) atoms. The van der Waals surface area contributed by atoms with Crippen LogP contribution in [-0.2, 0) is 6.54 Å². The van der Waals surface area contributed by atoms with Gasteiger partial charge in [-0.05, 0) is 28.1 Å². The number of nitrogens with zero attached hydrogens (tertiary/aromatic N) is 2. The smallest absolute Gasteiger partial charge is 0.149 e. The van der Waals surface area contributed by atoms with Crippen LogP contribution in [0.2, 0.25) is 0 Å². The Morgan fingerprint density at radius 3 is 2.82 bits per heavy atom. The summed E-state index contributed by atoms with van der Waals surface area (Å²) >= 11 is 3.01. The minimum atomic E-state index is -0.611. The maximum Gasteiger partial charge on any atom is 0.149 e. The molecule has 3 nitrogen and oxygen atoms in total. The van der Waals surface area contributed by atoms with Gasteiger partial charge in [0, 0.05) is 25.0 Å². The van der Waals surface area contributed by atoms with Gasteiger partial charge in [0.2, 0.25) is 0 Å². The Bertz CT molecular complexity index is 500. The molecule has 0 aliphatic rings. The first-order chi connectivity index (χ1) is 8.16. The molecule has 0 aliphatic carbocycles. The second-order valence-corrected chi connectivity index (χ2v) is 4.30. The van der Waals surface area contributed by atoms with Crippen molar-refractivity contribution in [2.24, 2.45) is 0 Å². The number of rotatable bonds is 4. The van der Waals surface area contributed by atoms with Crippen LogP contribution in [0.3, 0.4) is 0 Å². The summed E-state index contributed by atoms with van der Waals surface area (Å²) in [7, 11) is 0. The molecule has 1 heterocycles. The van der Waals surface area contributed by atoms with Crippen molar-refractivity contribution in [3.63, 3.8) is 0 Å². The highest BCUT2D eigenvalue weighted by molar-refractivity contribution is 9.10. The largest absolute Gasteiger partial charge is 0.381 e. The molecule has 0 bridgehead atoms. The molecule has 0 amide bonds. The zero-order valence-corrected chi connectivity index (χ0v) is 10.4. The summed E-state index contributed by atoms with van der Waals surface area (Å²) in [5.41, 5.74) is 0.269. The summed E-state index contributed by atoms with van der Waals surface area (Å²) < 4.78 is 28.3. The van der Waals surface area contributed by atoms with Gasteiger partial charge in [-0.2, -0.15) is 5.10 Å². The van der Waals surface area contributed by atoms with Crippen LogP contribution in [0.15, 0.2) is 35.1 Å². The van der Waals surface area contributed by atoms with Crippen LogP contribution in [0.25, 0.3) is 0 Å². The molecule has 0 radical (unpaired) electrons. The van der Waals surface area contributed by atoms with Crippen LogP contribution in [0.1, 0.15) is 0 Å². The number of halogens is 3. The molecule has 2 aromatic rings. The number of hydrogen-bond acceptors (Lipinski definition) is 2. The van der Waals surface area contributed by atoms with Gasteiger partial charge in [0.15, 0.2) is 0 Å². The molecular formula is C11H10BrF2N3. The lowest BCUT2D eigenvalue weighted by atomic mass is 10.3. The molecule has 1 aromatic heterocycles. The zero-order valence-electron chi connectivity index (χ0n) is 8.83. The van der Waals surface area contributed by atoms with Crippen molar-refractivity contribution >= 4 is 21.6 Å². The van der Waals surface area contributed by atoms with E-state index in [1.54, 1.807) is 10.9 Å². The number of aromatic nitrogens is 2. The summed E-state index contributed by atoms with van der Waals surface area (Å²) in [5.74, 6) is -1.22. The summed E-state index contributed by atoms with van der Waals surface area (Å²) in [6, 6.07) is 4.04. The lowest BCUT2D eigenvalue weighted by Gasteiger charge is -2.08. The van der Waals surface area contributed by atoms with Gasteiger partial charge in [-0.1, -0.05) is 0 Å². The lowest BCUT2D eigenvalue weighted by Crippen LogP contribution is -2.11. The highest BCUT2D eigenvalue weighted by Gasteiger charge is 2.07. The molecule has 90 valence electrons. The standard InChI is InChI=1S/C11H10BrF2N3/c12-8-6-11(10(14)7-9(8)13)15-3-5-17-4-1-2-16-17/h1-2,4,6-7,15H,3,5H2. The molecule has 0 aliphatic heterocycles. The van der Waals surface area contributed by atoms with Crippen LogP contribution in [0.4, 0.5) is 14.5 Å². The van der Waals surface area contributed by atoms with Crippen molar-refractivity contribution in [2.45, 2.75) is 6.54 Å². The summed E-state index contributed by atoms with van der Waals surface area (Å²) in [6.07, 6.45) is 3.49. The number of nitrogens with one attached hydrogen (secondary N) is 1. The van der Waals surface area contributed by atoms with E-state index in [1.165, 1.54) is 6.07 Å². The predicted octanol–water partition coefficient (Wildman–Crippen LogP) is 3.04. The normalized spacial score (nSPS) is 10.5. The Labute approximate surface area is 106 Å². The van der Waals surface area contributed by atoms with Gasteiger partial charge in [0.05, 0.1) is 16.7 Å². The third-order valence-corrected chi connectivity index (χ3v) is 2.83. The van der Waals surface area contributed by atoms with Crippen LogP contribution >= 0.6 is 15.9 Å². The average Bonchev–Trinajstić information content (AvgIpc) is 2.78. The Morgan fingerprint density at radius 1 is 1.29 bits per heavy atom. The summed E-state index contributed by atoms with van der Waals surface area (Å²) in [5, 5.41) is 6.90. The van der Waals surface area contributed by atoms with Gasteiger partial charge in [-0.15, -0.1) is 0 Å². The highest BCUT2D eigenvalue weighted by atomic mass is 79.9. The SMILES string of the molecule is Fc1cc(F)c(NCCn2cccn2)cc1Br. The maximum atomic E-state index is 13.4. The predicted molar refractivity (Wildman–Crippen MR) is 64.8 cm³/mol. The molecule has 0 unspecified atom stereocenters. The summed E-state index contributed by atoms with van der Waals surface area (Å²) in [4.78, 5) is 0. The second kappa shape index (κ2) is 5.27. The number of benzene rings is 1. The van der Waals surface area contributed by atoms with Gasteiger partial charge in [-0.3, -0.25) is 4.68 Å². The molecule has 1 N–H and O–H groups in total. The van der Waals surface area contributed by atoms with E-state index in [1.807, 2.05) is 12.3 Å². The number of anilines is 1. The number of hydrogen-bond donors (Lipinski definition) is 1. The van der Waals surface area contributed by atoms with Crippen molar-refractivity contribution in [1.29, 1.82) is 0 Å². The van der Waals surface area contributed by atoms with Crippen molar-refractivity contribution < 1.29 is 8.78 Å². The van der Waals surface area contributed by atoms with Crippen molar-refractivity contribution in [1.82, 2.24) is 9.78 Å². The van der Waals surface area contributed by atoms with Crippen LogP contribution in [-0.4, -0.2) is 16.3 Å².